The number of nitrogens with zero attached hydrogens (tertiary/aromatic N) is 4. The molecule has 1 aliphatic heterocycles. The number of carbonyl (C=O) groups is 1. The molecule has 26 heavy (non-hydrogen) atoms. The second kappa shape index (κ2) is 7.32. The minimum absolute atomic E-state index is 0.132. The lowest BCUT2D eigenvalue weighted by atomic mass is 10.1. The second-order valence-corrected chi connectivity index (χ2v) is 7.84. The molecule has 3 rings (SSSR count). The van der Waals surface area contributed by atoms with Crippen LogP contribution in [-0.4, -0.2) is 50.9 Å². The van der Waals surface area contributed by atoms with Crippen molar-refractivity contribution in [1.29, 1.82) is 0 Å². The molecule has 7 nitrogen and oxygen atoms in total. The van der Waals surface area contributed by atoms with Crippen molar-refractivity contribution in [2.45, 2.75) is 32.4 Å². The van der Waals surface area contributed by atoms with Crippen molar-refractivity contribution in [3.8, 4) is 5.82 Å². The van der Waals surface area contributed by atoms with Crippen LogP contribution in [0.4, 0.5) is 9.18 Å². The van der Waals surface area contributed by atoms with Crippen molar-refractivity contribution in [3.63, 3.8) is 0 Å². The topological polar surface area (TPSA) is 69.5 Å². The standard InChI is InChI=1S/C17H20BrFN4O3/c1-17(2,3)26-16(24)23-4-5-25-9-14(23)13-8-22(10-21-13)15-12(19)6-11(18)7-20-15/h6-8,10,14H,4-5,9H2,1-3H3. The fraction of sp³-hybridized carbons (Fsp3) is 0.471. The molecule has 0 bridgehead atoms. The molecule has 0 saturated carbocycles. The van der Waals surface area contributed by atoms with Crippen molar-refractivity contribution >= 4 is 22.0 Å². The normalized spacial score (nSPS) is 18.0. The van der Waals surface area contributed by atoms with E-state index in [4.69, 9.17) is 9.47 Å². The van der Waals surface area contributed by atoms with E-state index in [1.54, 1.807) is 11.1 Å². The van der Waals surface area contributed by atoms with Gasteiger partial charge in [-0.2, -0.15) is 0 Å². The number of halogens is 2. The van der Waals surface area contributed by atoms with Crippen molar-refractivity contribution in [1.82, 2.24) is 19.4 Å². The van der Waals surface area contributed by atoms with Gasteiger partial charge in [-0.25, -0.2) is 19.2 Å². The number of imidazole rings is 1. The largest absolute Gasteiger partial charge is 0.444 e. The molecule has 0 radical (unpaired) electrons. The van der Waals surface area contributed by atoms with Gasteiger partial charge in [-0.15, -0.1) is 0 Å². The number of hydrogen-bond acceptors (Lipinski definition) is 5. The van der Waals surface area contributed by atoms with Crippen LogP contribution in [0.2, 0.25) is 0 Å². The first-order valence-corrected chi connectivity index (χ1v) is 8.96. The fourth-order valence-corrected chi connectivity index (χ4v) is 2.91. The van der Waals surface area contributed by atoms with E-state index in [9.17, 15) is 9.18 Å². The Balaban J connectivity index is 1.85. The lowest BCUT2D eigenvalue weighted by molar-refractivity contribution is -0.0339. The Kier molecular flexibility index (Phi) is 5.29. The summed E-state index contributed by atoms with van der Waals surface area (Å²) in [6.07, 6.45) is 4.20. The third-order valence-electron chi connectivity index (χ3n) is 3.73. The number of rotatable bonds is 2. The molecule has 0 N–H and O–H groups in total. The maximum absolute atomic E-state index is 14.1. The van der Waals surface area contributed by atoms with Crippen molar-refractivity contribution in [2.75, 3.05) is 19.8 Å². The number of hydrogen-bond donors (Lipinski definition) is 0. The lowest BCUT2D eigenvalue weighted by Gasteiger charge is -2.35. The number of pyridine rings is 1. The number of ether oxygens (including phenoxy) is 2. The van der Waals surface area contributed by atoms with Gasteiger partial charge >= 0.3 is 6.09 Å². The van der Waals surface area contributed by atoms with Crippen LogP contribution >= 0.6 is 15.9 Å². The van der Waals surface area contributed by atoms with E-state index in [1.165, 1.54) is 23.2 Å². The van der Waals surface area contributed by atoms with E-state index in [1.807, 2.05) is 20.8 Å². The first-order chi connectivity index (χ1) is 12.2. The summed E-state index contributed by atoms with van der Waals surface area (Å²) >= 11 is 3.18. The quantitative estimate of drug-likeness (QED) is 0.734. The molecule has 2 aromatic heterocycles. The predicted octanol–water partition coefficient (Wildman–Crippen LogP) is 3.48. The summed E-state index contributed by atoms with van der Waals surface area (Å²) in [6.45, 7) is 6.58. The molecule has 140 valence electrons. The van der Waals surface area contributed by atoms with Crippen LogP contribution in [-0.2, 0) is 9.47 Å². The number of aromatic nitrogens is 3. The minimum atomic E-state index is -0.593. The zero-order valence-electron chi connectivity index (χ0n) is 14.8. The van der Waals surface area contributed by atoms with E-state index in [0.29, 0.717) is 29.9 Å². The summed E-state index contributed by atoms with van der Waals surface area (Å²) in [6, 6.07) is 0.928. The molecule has 0 aromatic carbocycles. The second-order valence-electron chi connectivity index (χ2n) is 6.93. The van der Waals surface area contributed by atoms with Crippen molar-refractivity contribution in [3.05, 3.63) is 40.8 Å². The van der Waals surface area contributed by atoms with E-state index in [2.05, 4.69) is 25.9 Å². The first kappa shape index (κ1) is 18.8. The minimum Gasteiger partial charge on any atom is -0.444 e. The molecule has 0 spiro atoms. The molecule has 0 aliphatic carbocycles. The molecule has 1 aliphatic rings. The monoisotopic (exact) mass is 426 g/mol. The van der Waals surface area contributed by atoms with Gasteiger partial charge in [0, 0.05) is 23.4 Å². The van der Waals surface area contributed by atoms with Gasteiger partial charge in [-0.3, -0.25) is 9.47 Å². The lowest BCUT2D eigenvalue weighted by Crippen LogP contribution is -2.45. The Morgan fingerprint density at radius 3 is 2.88 bits per heavy atom. The number of morpholine rings is 1. The molecule has 2 aromatic rings. The van der Waals surface area contributed by atoms with Gasteiger partial charge in [0.1, 0.15) is 18.0 Å². The van der Waals surface area contributed by atoms with Crippen LogP contribution in [0.5, 0.6) is 0 Å². The Labute approximate surface area is 159 Å². The Morgan fingerprint density at radius 2 is 2.19 bits per heavy atom. The van der Waals surface area contributed by atoms with Crippen LogP contribution in [0.25, 0.3) is 5.82 Å². The summed E-state index contributed by atoms with van der Waals surface area (Å²) in [7, 11) is 0. The molecule has 3 heterocycles. The Bertz CT molecular complexity index is 806. The summed E-state index contributed by atoms with van der Waals surface area (Å²) < 4.78 is 27.1. The van der Waals surface area contributed by atoms with Gasteiger partial charge in [0.05, 0.1) is 18.9 Å². The van der Waals surface area contributed by atoms with E-state index < -0.39 is 23.6 Å². The Hall–Kier alpha value is -2.00. The maximum Gasteiger partial charge on any atom is 0.411 e. The predicted molar refractivity (Wildman–Crippen MR) is 95.5 cm³/mol. The maximum atomic E-state index is 14.1. The number of carbonyl (C=O) groups excluding carboxylic acids is 1. The zero-order valence-corrected chi connectivity index (χ0v) is 16.4. The van der Waals surface area contributed by atoms with Crippen molar-refractivity contribution < 1.29 is 18.7 Å². The summed E-state index contributed by atoms with van der Waals surface area (Å²) in [5, 5.41) is 0. The highest BCUT2D eigenvalue weighted by molar-refractivity contribution is 9.10. The molecular weight excluding hydrogens is 407 g/mol. The van der Waals surface area contributed by atoms with E-state index in [-0.39, 0.29) is 5.82 Å². The summed E-state index contributed by atoms with van der Waals surface area (Å²) in [5.41, 5.74) is -0.0104. The average molecular weight is 427 g/mol. The van der Waals surface area contributed by atoms with Gasteiger partial charge in [-0.1, -0.05) is 0 Å². The molecule has 1 amide bonds. The van der Waals surface area contributed by atoms with Gasteiger partial charge < -0.3 is 9.47 Å². The van der Waals surface area contributed by atoms with Gasteiger partial charge in [0.2, 0.25) is 0 Å². The van der Waals surface area contributed by atoms with Gasteiger partial charge in [-0.05, 0) is 42.8 Å². The third-order valence-corrected chi connectivity index (χ3v) is 4.17. The van der Waals surface area contributed by atoms with E-state index in [0.717, 1.165) is 0 Å². The van der Waals surface area contributed by atoms with Gasteiger partial charge in [0.15, 0.2) is 11.6 Å². The number of amides is 1. The van der Waals surface area contributed by atoms with Crippen LogP contribution in [0.15, 0.2) is 29.3 Å². The van der Waals surface area contributed by atoms with Crippen molar-refractivity contribution in [2.24, 2.45) is 0 Å². The molecule has 1 unspecified atom stereocenters. The molecule has 1 saturated heterocycles. The van der Waals surface area contributed by atoms with E-state index >= 15 is 0 Å². The third kappa shape index (κ3) is 4.21. The highest BCUT2D eigenvalue weighted by Gasteiger charge is 2.33. The molecular formula is C17H20BrFN4O3. The first-order valence-electron chi connectivity index (χ1n) is 8.17. The Morgan fingerprint density at radius 1 is 1.42 bits per heavy atom. The van der Waals surface area contributed by atoms with Crippen LogP contribution in [0.3, 0.4) is 0 Å². The van der Waals surface area contributed by atoms with Crippen LogP contribution in [0, 0.1) is 5.82 Å². The van der Waals surface area contributed by atoms with Crippen LogP contribution < -0.4 is 0 Å². The molecule has 9 heteroatoms. The zero-order chi connectivity index (χ0) is 18.9. The SMILES string of the molecule is CC(C)(C)OC(=O)N1CCOCC1c1cn(-c2ncc(Br)cc2F)cn1. The fourth-order valence-electron chi connectivity index (χ4n) is 2.61. The average Bonchev–Trinajstić information content (AvgIpc) is 3.03. The molecule has 1 fully saturated rings. The highest BCUT2D eigenvalue weighted by Crippen LogP contribution is 2.26. The molecule has 1 atom stereocenters. The van der Waals surface area contributed by atoms with Gasteiger partial charge in [0.25, 0.3) is 0 Å². The highest BCUT2D eigenvalue weighted by atomic mass is 79.9. The smallest absolute Gasteiger partial charge is 0.411 e. The summed E-state index contributed by atoms with van der Waals surface area (Å²) in [4.78, 5) is 22.5. The van der Waals surface area contributed by atoms with Crippen LogP contribution in [0.1, 0.15) is 32.5 Å². The summed E-state index contributed by atoms with van der Waals surface area (Å²) in [5.74, 6) is -0.347.